The zero-order chi connectivity index (χ0) is 13.2. The Morgan fingerprint density at radius 2 is 2.22 bits per heavy atom. The molecule has 3 nitrogen and oxygen atoms in total. The monoisotopic (exact) mass is 251 g/mol. The lowest BCUT2D eigenvalue weighted by atomic mass is 9.77. The summed E-state index contributed by atoms with van der Waals surface area (Å²) in [6.07, 6.45) is 3.05. The van der Waals surface area contributed by atoms with Gasteiger partial charge in [0, 0.05) is 6.54 Å². The fraction of sp³-hybridized carbons (Fsp3) is 0.500. The van der Waals surface area contributed by atoms with E-state index in [1.165, 1.54) is 12.1 Å². The Morgan fingerprint density at radius 3 is 2.72 bits per heavy atom. The van der Waals surface area contributed by atoms with Crippen LogP contribution in [-0.4, -0.2) is 17.6 Å². The van der Waals surface area contributed by atoms with E-state index in [1.54, 1.807) is 12.1 Å². The predicted molar refractivity (Wildman–Crippen MR) is 66.6 cm³/mol. The van der Waals surface area contributed by atoms with Gasteiger partial charge in [0.25, 0.3) is 0 Å². The maximum atomic E-state index is 13.1. The summed E-state index contributed by atoms with van der Waals surface area (Å²) in [6, 6.07) is 6.10. The molecule has 1 unspecified atom stereocenters. The van der Waals surface area contributed by atoms with Crippen molar-refractivity contribution >= 4 is 5.97 Å². The molecule has 1 aromatic carbocycles. The smallest absolute Gasteiger partial charge is 0.311 e. The summed E-state index contributed by atoms with van der Waals surface area (Å²) in [4.78, 5) is 11.5. The first-order chi connectivity index (χ1) is 8.55. The lowest BCUT2D eigenvalue weighted by Gasteiger charge is -2.28. The summed E-state index contributed by atoms with van der Waals surface area (Å²) in [5, 5.41) is 9.46. The number of carboxylic acid groups (broad SMARTS) is 1. The minimum absolute atomic E-state index is 0.0926. The highest BCUT2D eigenvalue weighted by atomic mass is 19.1. The Morgan fingerprint density at radius 1 is 1.50 bits per heavy atom. The standard InChI is InChI=1S/C14H18FNO2/c15-12-3-1-2-11(6-12)8-14(9-16,13(17)18)7-10-4-5-10/h1-3,6,10H,4-5,7-9,16H2,(H,17,18). The van der Waals surface area contributed by atoms with Crippen LogP contribution in [0, 0.1) is 17.2 Å². The van der Waals surface area contributed by atoms with E-state index in [4.69, 9.17) is 5.73 Å². The van der Waals surface area contributed by atoms with Crippen LogP contribution in [0.5, 0.6) is 0 Å². The van der Waals surface area contributed by atoms with E-state index in [0.29, 0.717) is 24.3 Å². The third-order valence-corrected chi connectivity index (χ3v) is 3.65. The van der Waals surface area contributed by atoms with Crippen molar-refractivity contribution in [2.75, 3.05) is 6.54 Å². The molecule has 1 aliphatic rings. The van der Waals surface area contributed by atoms with Gasteiger partial charge in [-0.1, -0.05) is 25.0 Å². The maximum absolute atomic E-state index is 13.1. The molecule has 0 bridgehead atoms. The first-order valence-corrected chi connectivity index (χ1v) is 6.24. The van der Waals surface area contributed by atoms with Crippen LogP contribution in [0.15, 0.2) is 24.3 Å². The molecule has 0 radical (unpaired) electrons. The first-order valence-electron chi connectivity index (χ1n) is 6.24. The van der Waals surface area contributed by atoms with Gasteiger partial charge < -0.3 is 10.8 Å². The quantitative estimate of drug-likeness (QED) is 0.814. The predicted octanol–water partition coefficient (Wildman–Crippen LogP) is 2.20. The van der Waals surface area contributed by atoms with Crippen molar-refractivity contribution in [1.29, 1.82) is 0 Å². The van der Waals surface area contributed by atoms with Gasteiger partial charge in [0.05, 0.1) is 5.41 Å². The van der Waals surface area contributed by atoms with Crippen LogP contribution < -0.4 is 5.73 Å². The molecular formula is C14H18FNO2. The zero-order valence-electron chi connectivity index (χ0n) is 10.2. The molecule has 4 heteroatoms. The fourth-order valence-corrected chi connectivity index (χ4v) is 2.39. The number of benzene rings is 1. The van der Waals surface area contributed by atoms with Crippen LogP contribution in [0.25, 0.3) is 0 Å². The number of nitrogens with two attached hydrogens (primary N) is 1. The molecule has 0 saturated heterocycles. The van der Waals surface area contributed by atoms with Gasteiger partial charge in [-0.2, -0.15) is 0 Å². The lowest BCUT2D eigenvalue weighted by molar-refractivity contribution is -0.149. The largest absolute Gasteiger partial charge is 0.481 e. The topological polar surface area (TPSA) is 63.3 Å². The third kappa shape index (κ3) is 2.88. The van der Waals surface area contributed by atoms with Crippen molar-refractivity contribution in [2.45, 2.75) is 25.7 Å². The van der Waals surface area contributed by atoms with Gasteiger partial charge in [-0.05, 0) is 36.5 Å². The third-order valence-electron chi connectivity index (χ3n) is 3.65. The molecular weight excluding hydrogens is 233 g/mol. The number of halogens is 1. The number of aliphatic carboxylic acids is 1. The molecule has 3 N–H and O–H groups in total. The molecule has 18 heavy (non-hydrogen) atoms. The van der Waals surface area contributed by atoms with E-state index in [1.807, 2.05) is 0 Å². The minimum Gasteiger partial charge on any atom is -0.481 e. The summed E-state index contributed by atoms with van der Waals surface area (Å²) < 4.78 is 13.1. The van der Waals surface area contributed by atoms with E-state index < -0.39 is 11.4 Å². The molecule has 0 aliphatic heterocycles. The van der Waals surface area contributed by atoms with Crippen LogP contribution in [0.1, 0.15) is 24.8 Å². The highest BCUT2D eigenvalue weighted by molar-refractivity contribution is 5.75. The minimum atomic E-state index is -0.949. The number of rotatable bonds is 6. The Hall–Kier alpha value is -1.42. The molecule has 1 fully saturated rings. The van der Waals surface area contributed by atoms with Crippen molar-refractivity contribution in [1.82, 2.24) is 0 Å². The maximum Gasteiger partial charge on any atom is 0.311 e. The molecule has 1 saturated carbocycles. The van der Waals surface area contributed by atoms with E-state index in [0.717, 1.165) is 12.8 Å². The number of hydrogen-bond acceptors (Lipinski definition) is 2. The number of hydrogen-bond donors (Lipinski definition) is 2. The van der Waals surface area contributed by atoms with E-state index in [9.17, 15) is 14.3 Å². The van der Waals surface area contributed by atoms with Gasteiger partial charge in [-0.3, -0.25) is 4.79 Å². The van der Waals surface area contributed by atoms with Crippen LogP contribution in [-0.2, 0) is 11.2 Å². The number of carboxylic acids is 1. The van der Waals surface area contributed by atoms with Gasteiger partial charge >= 0.3 is 5.97 Å². The van der Waals surface area contributed by atoms with Gasteiger partial charge in [-0.25, -0.2) is 4.39 Å². The second kappa shape index (κ2) is 5.06. The summed E-state index contributed by atoms with van der Waals surface area (Å²) >= 11 is 0. The zero-order valence-corrected chi connectivity index (χ0v) is 10.2. The normalized spacial score (nSPS) is 18.3. The molecule has 98 valence electrons. The second-order valence-electron chi connectivity index (χ2n) is 5.24. The highest BCUT2D eigenvalue weighted by Gasteiger charge is 2.42. The molecule has 0 heterocycles. The summed E-state index contributed by atoms with van der Waals surface area (Å²) in [5.74, 6) is -0.741. The average Bonchev–Trinajstić information content (AvgIpc) is 3.11. The Balaban J connectivity index is 2.20. The van der Waals surface area contributed by atoms with Crippen LogP contribution in [0.2, 0.25) is 0 Å². The molecule has 0 aromatic heterocycles. The highest BCUT2D eigenvalue weighted by Crippen LogP contribution is 2.41. The van der Waals surface area contributed by atoms with Crippen LogP contribution >= 0.6 is 0 Å². The summed E-state index contributed by atoms with van der Waals surface area (Å²) in [7, 11) is 0. The van der Waals surface area contributed by atoms with Gasteiger partial charge in [0.2, 0.25) is 0 Å². The molecule has 1 atom stereocenters. The van der Waals surface area contributed by atoms with Crippen molar-refractivity contribution in [3.8, 4) is 0 Å². The van der Waals surface area contributed by atoms with Crippen LogP contribution in [0.4, 0.5) is 4.39 Å². The van der Waals surface area contributed by atoms with E-state index in [-0.39, 0.29) is 12.4 Å². The van der Waals surface area contributed by atoms with Crippen molar-refractivity contribution in [2.24, 2.45) is 17.1 Å². The Kier molecular flexibility index (Phi) is 3.66. The van der Waals surface area contributed by atoms with E-state index in [2.05, 4.69) is 0 Å². The van der Waals surface area contributed by atoms with Crippen LogP contribution in [0.3, 0.4) is 0 Å². The summed E-state index contributed by atoms with van der Waals surface area (Å²) in [5.41, 5.74) is 5.44. The Bertz CT molecular complexity index is 445. The van der Waals surface area contributed by atoms with Crippen molar-refractivity contribution < 1.29 is 14.3 Å². The van der Waals surface area contributed by atoms with Crippen molar-refractivity contribution in [3.63, 3.8) is 0 Å². The second-order valence-corrected chi connectivity index (χ2v) is 5.24. The number of carbonyl (C=O) groups is 1. The summed E-state index contributed by atoms with van der Waals surface area (Å²) in [6.45, 7) is 0.0926. The Labute approximate surface area is 106 Å². The molecule has 1 aromatic rings. The molecule has 1 aliphatic carbocycles. The first kappa shape index (κ1) is 13.0. The van der Waals surface area contributed by atoms with Gasteiger partial charge in [-0.15, -0.1) is 0 Å². The SMILES string of the molecule is NCC(Cc1cccc(F)c1)(CC1CC1)C(=O)O. The lowest BCUT2D eigenvalue weighted by Crippen LogP contribution is -2.41. The average molecular weight is 251 g/mol. The molecule has 0 spiro atoms. The molecule has 2 rings (SSSR count). The fourth-order valence-electron chi connectivity index (χ4n) is 2.39. The van der Waals surface area contributed by atoms with Gasteiger partial charge in [0.1, 0.15) is 5.82 Å². The molecule has 0 amide bonds. The van der Waals surface area contributed by atoms with Gasteiger partial charge in [0.15, 0.2) is 0 Å². The van der Waals surface area contributed by atoms with Crippen molar-refractivity contribution in [3.05, 3.63) is 35.6 Å². The van der Waals surface area contributed by atoms with E-state index >= 15 is 0 Å².